The molecule has 0 aromatic heterocycles. The van der Waals surface area contributed by atoms with Gasteiger partial charge in [-0.05, 0) is 68.5 Å². The molecule has 2 heteroatoms. The monoisotopic (exact) mass is 397 g/mol. The van der Waals surface area contributed by atoms with Gasteiger partial charge in [-0.15, -0.1) is 0 Å². The molecule has 0 aromatic rings. The molecule has 0 bridgehead atoms. The summed E-state index contributed by atoms with van der Waals surface area (Å²) in [4.78, 5) is 0. The van der Waals surface area contributed by atoms with E-state index in [0.29, 0.717) is 0 Å². The van der Waals surface area contributed by atoms with E-state index in [9.17, 15) is 0 Å². The van der Waals surface area contributed by atoms with E-state index in [-0.39, 0.29) is 0 Å². The minimum absolute atomic E-state index is 0.979. The molecular formula is C25H51NS. The van der Waals surface area contributed by atoms with Crippen molar-refractivity contribution in [2.75, 3.05) is 24.6 Å². The van der Waals surface area contributed by atoms with Crippen LogP contribution in [0.2, 0.25) is 0 Å². The Bertz CT molecular complexity index is 288. The summed E-state index contributed by atoms with van der Waals surface area (Å²) in [6, 6.07) is 0. The number of hydrogen-bond acceptors (Lipinski definition) is 2. The summed E-state index contributed by atoms with van der Waals surface area (Å²) in [6.07, 6.45) is 24.6. The molecule has 1 atom stereocenters. The van der Waals surface area contributed by atoms with Crippen LogP contribution in [0.3, 0.4) is 0 Å². The van der Waals surface area contributed by atoms with Crippen LogP contribution in [-0.2, 0) is 0 Å². The van der Waals surface area contributed by atoms with Crippen LogP contribution in [0.1, 0.15) is 123 Å². The second-order valence-electron chi connectivity index (χ2n) is 9.03. The number of rotatable bonds is 20. The summed E-state index contributed by atoms with van der Waals surface area (Å²) in [7, 11) is 0. The van der Waals surface area contributed by atoms with E-state index in [1.807, 2.05) is 0 Å². The number of unbranched alkanes of at least 4 members (excludes halogenated alkanes) is 9. The van der Waals surface area contributed by atoms with Gasteiger partial charge in [0.1, 0.15) is 0 Å². The highest BCUT2D eigenvalue weighted by atomic mass is 32.2. The Kier molecular flexibility index (Phi) is 18.4. The fourth-order valence-electron chi connectivity index (χ4n) is 4.36. The van der Waals surface area contributed by atoms with Crippen LogP contribution >= 0.6 is 11.8 Å². The van der Waals surface area contributed by atoms with Gasteiger partial charge in [-0.1, -0.05) is 90.9 Å². The fourth-order valence-corrected chi connectivity index (χ4v) is 5.67. The number of thioether (sulfide) groups is 1. The van der Waals surface area contributed by atoms with Crippen LogP contribution in [0.5, 0.6) is 0 Å². The lowest BCUT2D eigenvalue weighted by Crippen LogP contribution is -2.22. The highest BCUT2D eigenvalue weighted by Crippen LogP contribution is 2.23. The normalized spacial score (nSPS) is 16.2. The van der Waals surface area contributed by atoms with Crippen LogP contribution in [0.25, 0.3) is 0 Å². The summed E-state index contributed by atoms with van der Waals surface area (Å²) in [6.45, 7) is 7.23. The molecule has 27 heavy (non-hydrogen) atoms. The Morgan fingerprint density at radius 3 is 2.07 bits per heavy atom. The molecule has 1 saturated carbocycles. The zero-order chi connectivity index (χ0) is 19.4. The third kappa shape index (κ3) is 15.9. The first-order valence-electron chi connectivity index (χ1n) is 12.6. The van der Waals surface area contributed by atoms with Crippen molar-refractivity contribution >= 4 is 11.8 Å². The van der Waals surface area contributed by atoms with Gasteiger partial charge in [0, 0.05) is 0 Å². The third-order valence-electron chi connectivity index (χ3n) is 6.45. The van der Waals surface area contributed by atoms with E-state index < -0.39 is 0 Å². The van der Waals surface area contributed by atoms with Gasteiger partial charge in [-0.3, -0.25) is 0 Å². The second-order valence-corrected chi connectivity index (χ2v) is 10.2. The Labute approximate surface area is 176 Å². The molecule has 162 valence electrons. The molecule has 0 saturated heterocycles. The zero-order valence-electron chi connectivity index (χ0n) is 18.9. The van der Waals surface area contributed by atoms with Crippen LogP contribution in [-0.4, -0.2) is 24.6 Å². The van der Waals surface area contributed by atoms with Crippen molar-refractivity contribution in [1.82, 2.24) is 5.32 Å². The smallest absolute Gasteiger partial charge is 0.00205 e. The van der Waals surface area contributed by atoms with Gasteiger partial charge in [0.15, 0.2) is 0 Å². The van der Waals surface area contributed by atoms with Crippen LogP contribution in [0.15, 0.2) is 0 Å². The standard InChI is InChI=1S/C25H51NS/c1-3-5-17-24(4-2)23-27-21-16-12-10-8-6-7-9-11-15-20-26-22-25-18-13-14-19-25/h24-26H,3-23H2,1-2H3. The van der Waals surface area contributed by atoms with E-state index in [1.165, 1.54) is 134 Å². The maximum Gasteiger partial charge on any atom is -0.00205 e. The lowest BCUT2D eigenvalue weighted by molar-refractivity contribution is 0.476. The minimum atomic E-state index is 0.979. The molecule has 0 aliphatic heterocycles. The van der Waals surface area contributed by atoms with Crippen LogP contribution in [0.4, 0.5) is 0 Å². The fraction of sp³-hybridized carbons (Fsp3) is 1.00. The van der Waals surface area contributed by atoms with E-state index in [1.54, 1.807) is 0 Å². The number of nitrogens with one attached hydrogen (secondary N) is 1. The van der Waals surface area contributed by atoms with E-state index in [0.717, 1.165) is 11.8 Å². The molecule has 0 radical (unpaired) electrons. The maximum absolute atomic E-state index is 3.68. The quantitative estimate of drug-likeness (QED) is 0.208. The molecule has 0 spiro atoms. The predicted molar refractivity (Wildman–Crippen MR) is 127 cm³/mol. The summed E-state index contributed by atoms with van der Waals surface area (Å²) in [5.41, 5.74) is 0. The Balaban J connectivity index is 1.70. The molecule has 1 nitrogen and oxygen atoms in total. The topological polar surface area (TPSA) is 12.0 Å². The summed E-state index contributed by atoms with van der Waals surface area (Å²) in [5.74, 6) is 4.79. The van der Waals surface area contributed by atoms with Gasteiger partial charge in [0.2, 0.25) is 0 Å². The Morgan fingerprint density at radius 1 is 0.815 bits per heavy atom. The lowest BCUT2D eigenvalue weighted by Gasteiger charge is -2.13. The second kappa shape index (κ2) is 19.6. The molecule has 1 unspecified atom stereocenters. The lowest BCUT2D eigenvalue weighted by atomic mass is 10.0. The third-order valence-corrected chi connectivity index (χ3v) is 7.73. The number of hydrogen-bond donors (Lipinski definition) is 1. The average Bonchev–Trinajstić information content (AvgIpc) is 3.20. The van der Waals surface area contributed by atoms with Crippen molar-refractivity contribution in [1.29, 1.82) is 0 Å². The van der Waals surface area contributed by atoms with Crippen molar-refractivity contribution in [3.63, 3.8) is 0 Å². The minimum Gasteiger partial charge on any atom is -0.316 e. The van der Waals surface area contributed by atoms with Gasteiger partial charge in [0.05, 0.1) is 0 Å². The van der Waals surface area contributed by atoms with E-state index >= 15 is 0 Å². The van der Waals surface area contributed by atoms with Gasteiger partial charge in [-0.2, -0.15) is 11.8 Å². The Morgan fingerprint density at radius 2 is 1.44 bits per heavy atom. The first kappa shape index (κ1) is 25.3. The molecule has 1 fully saturated rings. The van der Waals surface area contributed by atoms with Crippen molar-refractivity contribution < 1.29 is 0 Å². The molecule has 0 amide bonds. The summed E-state index contributed by atoms with van der Waals surface area (Å²) in [5, 5.41) is 3.68. The van der Waals surface area contributed by atoms with Crippen LogP contribution in [0, 0.1) is 11.8 Å². The van der Waals surface area contributed by atoms with Gasteiger partial charge < -0.3 is 5.32 Å². The zero-order valence-corrected chi connectivity index (χ0v) is 19.7. The van der Waals surface area contributed by atoms with E-state index in [4.69, 9.17) is 0 Å². The van der Waals surface area contributed by atoms with Crippen molar-refractivity contribution in [2.45, 2.75) is 123 Å². The average molecular weight is 398 g/mol. The van der Waals surface area contributed by atoms with Crippen molar-refractivity contribution in [2.24, 2.45) is 11.8 Å². The largest absolute Gasteiger partial charge is 0.316 e. The molecule has 1 rings (SSSR count). The van der Waals surface area contributed by atoms with Gasteiger partial charge >= 0.3 is 0 Å². The predicted octanol–water partition coefficient (Wildman–Crippen LogP) is 8.23. The van der Waals surface area contributed by atoms with Gasteiger partial charge in [0.25, 0.3) is 0 Å². The first-order valence-corrected chi connectivity index (χ1v) is 13.8. The van der Waals surface area contributed by atoms with E-state index in [2.05, 4.69) is 30.9 Å². The first-order chi connectivity index (χ1) is 13.4. The van der Waals surface area contributed by atoms with Gasteiger partial charge in [-0.25, -0.2) is 0 Å². The molecule has 1 aliphatic carbocycles. The molecule has 1 aliphatic rings. The summed E-state index contributed by atoms with van der Waals surface area (Å²) < 4.78 is 0. The van der Waals surface area contributed by atoms with Crippen molar-refractivity contribution in [3.05, 3.63) is 0 Å². The highest BCUT2D eigenvalue weighted by molar-refractivity contribution is 7.99. The highest BCUT2D eigenvalue weighted by Gasteiger charge is 2.13. The Hall–Kier alpha value is 0.310. The molecule has 0 aromatic carbocycles. The molecule has 1 N–H and O–H groups in total. The SMILES string of the molecule is CCCCC(CC)CSCCCCCCCCCCCNCC1CCCC1. The summed E-state index contributed by atoms with van der Waals surface area (Å²) >= 11 is 2.22. The molecule has 0 heterocycles. The molecular weight excluding hydrogens is 346 g/mol. The maximum atomic E-state index is 3.68. The van der Waals surface area contributed by atoms with Crippen LogP contribution < -0.4 is 5.32 Å². The van der Waals surface area contributed by atoms with Crippen molar-refractivity contribution in [3.8, 4) is 0 Å².